The first-order valence-electron chi connectivity index (χ1n) is 9.94. The highest BCUT2D eigenvalue weighted by molar-refractivity contribution is 7.09. The summed E-state index contributed by atoms with van der Waals surface area (Å²) in [6.07, 6.45) is 6.02. The van der Waals surface area contributed by atoms with Crippen molar-refractivity contribution in [2.45, 2.75) is 57.8 Å². The molecular formula is C19H26N6S. The Bertz CT molecular complexity index is 802. The lowest BCUT2D eigenvalue weighted by Gasteiger charge is -2.36. The summed E-state index contributed by atoms with van der Waals surface area (Å²) < 4.78 is 4.56. The average Bonchev–Trinajstić information content (AvgIpc) is 3.59. The summed E-state index contributed by atoms with van der Waals surface area (Å²) in [5.74, 6) is 4.55. The van der Waals surface area contributed by atoms with Crippen LogP contribution in [0.2, 0.25) is 0 Å². The van der Waals surface area contributed by atoms with Crippen LogP contribution in [0, 0.1) is 6.92 Å². The van der Waals surface area contributed by atoms with Crippen molar-refractivity contribution in [3.05, 3.63) is 22.9 Å². The van der Waals surface area contributed by atoms with Crippen molar-refractivity contribution in [1.82, 2.24) is 19.3 Å². The second-order valence-electron chi connectivity index (χ2n) is 7.78. The number of anilines is 2. The van der Waals surface area contributed by atoms with Gasteiger partial charge in [0.05, 0.1) is 0 Å². The van der Waals surface area contributed by atoms with Gasteiger partial charge in [-0.05, 0) is 39.0 Å². The van der Waals surface area contributed by atoms with E-state index in [1.54, 1.807) is 11.5 Å². The molecule has 26 heavy (non-hydrogen) atoms. The summed E-state index contributed by atoms with van der Waals surface area (Å²) in [6.45, 7) is 8.32. The highest BCUT2D eigenvalue weighted by atomic mass is 32.1. The zero-order valence-electron chi connectivity index (χ0n) is 15.6. The highest BCUT2D eigenvalue weighted by Gasteiger charge is 2.31. The van der Waals surface area contributed by atoms with Gasteiger partial charge in [0, 0.05) is 60.8 Å². The molecule has 2 aromatic heterocycles. The van der Waals surface area contributed by atoms with Gasteiger partial charge in [-0.2, -0.15) is 4.37 Å². The molecule has 3 aliphatic rings. The van der Waals surface area contributed by atoms with Crippen LogP contribution in [0.1, 0.15) is 67.3 Å². The number of rotatable bonds is 5. The molecule has 7 heteroatoms. The van der Waals surface area contributed by atoms with Crippen molar-refractivity contribution in [1.29, 1.82) is 0 Å². The first-order chi connectivity index (χ1) is 12.7. The van der Waals surface area contributed by atoms with Crippen LogP contribution in [0.15, 0.2) is 0 Å². The molecule has 5 rings (SSSR count). The van der Waals surface area contributed by atoms with Gasteiger partial charge < -0.3 is 9.80 Å². The van der Waals surface area contributed by atoms with E-state index in [1.807, 2.05) is 0 Å². The Hall–Kier alpha value is -1.76. The maximum absolute atomic E-state index is 4.99. The fraction of sp³-hybridized carbons (Fsp3) is 0.684. The van der Waals surface area contributed by atoms with Gasteiger partial charge in [0.2, 0.25) is 5.13 Å². The first-order valence-corrected chi connectivity index (χ1v) is 10.7. The van der Waals surface area contributed by atoms with E-state index in [1.165, 1.54) is 42.8 Å². The molecular weight excluding hydrogens is 344 g/mol. The van der Waals surface area contributed by atoms with Crippen LogP contribution in [0.25, 0.3) is 0 Å². The van der Waals surface area contributed by atoms with Crippen molar-refractivity contribution in [2.75, 3.05) is 36.0 Å². The van der Waals surface area contributed by atoms with E-state index in [0.29, 0.717) is 11.8 Å². The van der Waals surface area contributed by atoms with Crippen molar-refractivity contribution in [3.8, 4) is 0 Å². The third kappa shape index (κ3) is 3.06. The largest absolute Gasteiger partial charge is 0.353 e. The normalized spacial score (nSPS) is 20.7. The summed E-state index contributed by atoms with van der Waals surface area (Å²) in [5, 5.41) is 1.10. The minimum absolute atomic E-state index is 0.599. The minimum atomic E-state index is 0.599. The molecule has 6 nitrogen and oxygen atoms in total. The van der Waals surface area contributed by atoms with E-state index in [4.69, 9.17) is 15.0 Å². The predicted molar refractivity (Wildman–Crippen MR) is 104 cm³/mol. The Kier molecular flexibility index (Phi) is 4.07. The summed E-state index contributed by atoms with van der Waals surface area (Å²) in [7, 11) is 0. The van der Waals surface area contributed by atoms with E-state index in [0.717, 1.165) is 49.4 Å². The third-order valence-corrected chi connectivity index (χ3v) is 6.52. The number of hydrogen-bond acceptors (Lipinski definition) is 7. The van der Waals surface area contributed by atoms with Crippen LogP contribution >= 0.6 is 11.5 Å². The van der Waals surface area contributed by atoms with E-state index >= 15 is 0 Å². The van der Waals surface area contributed by atoms with Crippen LogP contribution in [0.3, 0.4) is 0 Å². The molecule has 3 fully saturated rings. The fourth-order valence-corrected chi connectivity index (χ4v) is 4.57. The minimum Gasteiger partial charge on any atom is -0.353 e. The smallest absolute Gasteiger partial charge is 0.205 e. The van der Waals surface area contributed by atoms with Gasteiger partial charge in [-0.1, -0.05) is 6.92 Å². The standard InChI is InChI=1S/C19H26N6S/c1-3-15-12(2)20-16(13-4-5-13)21-18(15)24-8-10-25(11-9-24)19-22-17(23-26-19)14-6-7-14/h13-14H,3-11H2,1-2H3. The topological polar surface area (TPSA) is 58.0 Å². The number of aryl methyl sites for hydroxylation is 1. The van der Waals surface area contributed by atoms with E-state index in [9.17, 15) is 0 Å². The van der Waals surface area contributed by atoms with Gasteiger partial charge in [-0.3, -0.25) is 0 Å². The van der Waals surface area contributed by atoms with Crippen LogP contribution in [-0.2, 0) is 6.42 Å². The maximum atomic E-state index is 4.99. The van der Waals surface area contributed by atoms with Gasteiger partial charge in [0.15, 0.2) is 0 Å². The van der Waals surface area contributed by atoms with E-state index < -0.39 is 0 Å². The van der Waals surface area contributed by atoms with Crippen molar-refractivity contribution in [3.63, 3.8) is 0 Å². The number of nitrogens with zero attached hydrogens (tertiary/aromatic N) is 6. The summed E-state index contributed by atoms with van der Waals surface area (Å²) >= 11 is 1.57. The van der Waals surface area contributed by atoms with Crippen LogP contribution in [0.4, 0.5) is 10.9 Å². The van der Waals surface area contributed by atoms with Gasteiger partial charge in [0.25, 0.3) is 0 Å². The fourth-order valence-electron chi connectivity index (χ4n) is 3.77. The molecule has 138 valence electrons. The Balaban J connectivity index is 1.32. The predicted octanol–water partition coefficient (Wildman–Crippen LogP) is 3.28. The van der Waals surface area contributed by atoms with Gasteiger partial charge >= 0.3 is 0 Å². The van der Waals surface area contributed by atoms with Crippen LogP contribution in [0.5, 0.6) is 0 Å². The SMILES string of the molecule is CCc1c(C)nc(C2CC2)nc1N1CCN(c2nc(C3CC3)ns2)CC1. The highest BCUT2D eigenvalue weighted by Crippen LogP contribution is 2.40. The zero-order chi connectivity index (χ0) is 17.7. The van der Waals surface area contributed by atoms with E-state index in [-0.39, 0.29) is 0 Å². The maximum Gasteiger partial charge on any atom is 0.205 e. The molecule has 0 aromatic carbocycles. The number of piperazine rings is 1. The molecule has 3 heterocycles. The van der Waals surface area contributed by atoms with Crippen molar-refractivity contribution >= 4 is 22.5 Å². The summed E-state index contributed by atoms with van der Waals surface area (Å²) in [5.41, 5.74) is 2.48. The molecule has 2 aromatic rings. The zero-order valence-corrected chi connectivity index (χ0v) is 16.4. The lowest BCUT2D eigenvalue weighted by molar-refractivity contribution is 0.638. The molecule has 1 saturated heterocycles. The lowest BCUT2D eigenvalue weighted by atomic mass is 10.1. The Labute approximate surface area is 158 Å². The molecule has 2 saturated carbocycles. The lowest BCUT2D eigenvalue weighted by Crippen LogP contribution is -2.47. The molecule has 0 radical (unpaired) electrons. The van der Waals surface area contributed by atoms with Gasteiger partial charge in [-0.15, -0.1) is 0 Å². The van der Waals surface area contributed by atoms with Crippen LogP contribution in [-0.4, -0.2) is 45.5 Å². The molecule has 0 spiro atoms. The second-order valence-corrected chi connectivity index (χ2v) is 8.51. The van der Waals surface area contributed by atoms with Crippen molar-refractivity contribution < 1.29 is 0 Å². The second kappa shape index (κ2) is 6.44. The Morgan fingerprint density at radius 2 is 1.54 bits per heavy atom. The Morgan fingerprint density at radius 1 is 0.885 bits per heavy atom. The Morgan fingerprint density at radius 3 is 2.19 bits per heavy atom. The summed E-state index contributed by atoms with van der Waals surface area (Å²) in [4.78, 5) is 19.4. The number of hydrogen-bond donors (Lipinski definition) is 0. The molecule has 0 amide bonds. The van der Waals surface area contributed by atoms with Gasteiger partial charge in [0.1, 0.15) is 17.5 Å². The van der Waals surface area contributed by atoms with Crippen molar-refractivity contribution in [2.24, 2.45) is 0 Å². The molecule has 0 unspecified atom stereocenters. The molecule has 0 bridgehead atoms. The molecule has 0 N–H and O–H groups in total. The van der Waals surface area contributed by atoms with Crippen LogP contribution < -0.4 is 9.80 Å². The number of aromatic nitrogens is 4. The quantitative estimate of drug-likeness (QED) is 0.805. The molecule has 2 aliphatic carbocycles. The molecule has 1 aliphatic heterocycles. The van der Waals surface area contributed by atoms with E-state index in [2.05, 4.69) is 28.0 Å². The molecule has 0 atom stereocenters. The average molecular weight is 371 g/mol. The third-order valence-electron chi connectivity index (χ3n) is 5.73. The monoisotopic (exact) mass is 370 g/mol. The summed E-state index contributed by atoms with van der Waals surface area (Å²) in [6, 6.07) is 0. The van der Waals surface area contributed by atoms with Gasteiger partial charge in [-0.25, -0.2) is 15.0 Å². The first kappa shape index (κ1) is 16.4.